The molecule has 12 heavy (non-hydrogen) atoms. The predicted octanol–water partition coefficient (Wildman–Crippen LogP) is 2.49. The molecule has 0 heterocycles. The molecule has 1 aromatic carbocycles. The van der Waals surface area contributed by atoms with E-state index in [2.05, 4.69) is 5.92 Å². The van der Waals surface area contributed by atoms with Crippen LogP contribution in [-0.2, 0) is 0 Å². The molecule has 0 N–H and O–H groups in total. The molecule has 0 aliphatic carbocycles. The molecule has 1 rings (SSSR count). The molecule has 0 atom stereocenters. The van der Waals surface area contributed by atoms with Crippen LogP contribution in [0.1, 0.15) is 0 Å². The molecule has 0 aliphatic heterocycles. The van der Waals surface area contributed by atoms with Crippen LogP contribution in [0.3, 0.4) is 0 Å². The van der Waals surface area contributed by atoms with Gasteiger partial charge in [-0.25, -0.2) is 4.39 Å². The van der Waals surface area contributed by atoms with Crippen molar-refractivity contribution in [2.24, 2.45) is 0 Å². The number of hydrogen-bond acceptors (Lipinski definition) is 1. The zero-order chi connectivity index (χ0) is 8.97. The summed E-state index contributed by atoms with van der Waals surface area (Å²) >= 11 is 5.49. The van der Waals surface area contributed by atoms with Crippen molar-refractivity contribution in [3.05, 3.63) is 29.0 Å². The smallest absolute Gasteiger partial charge is 0.148 e. The number of halogens is 2. The van der Waals surface area contributed by atoms with Gasteiger partial charge in [0.05, 0.1) is 5.02 Å². The Bertz CT molecular complexity index is 317. The first-order chi connectivity index (χ1) is 5.74. The van der Waals surface area contributed by atoms with Crippen molar-refractivity contribution in [3.8, 4) is 18.1 Å². The van der Waals surface area contributed by atoms with Crippen molar-refractivity contribution in [2.75, 3.05) is 6.61 Å². The van der Waals surface area contributed by atoms with Crippen LogP contribution in [0.2, 0.25) is 5.02 Å². The Kier molecular flexibility index (Phi) is 2.95. The minimum atomic E-state index is -0.468. The molecule has 0 aliphatic rings. The fourth-order valence-electron chi connectivity index (χ4n) is 0.692. The van der Waals surface area contributed by atoms with Gasteiger partial charge in [-0.15, -0.1) is 6.42 Å². The van der Waals surface area contributed by atoms with Crippen LogP contribution in [-0.4, -0.2) is 6.61 Å². The van der Waals surface area contributed by atoms with Gasteiger partial charge >= 0.3 is 0 Å². The standard InChI is InChI=1S/C9H6ClFO/c1-2-5-12-7-3-4-9(11)8(10)6-7/h1,3-4,6H,5H2. The van der Waals surface area contributed by atoms with E-state index in [0.717, 1.165) is 0 Å². The van der Waals surface area contributed by atoms with Gasteiger partial charge in [0.25, 0.3) is 0 Å². The SMILES string of the molecule is C#CCOc1ccc(F)c(Cl)c1. The number of terminal acetylenes is 1. The summed E-state index contributed by atoms with van der Waals surface area (Å²) in [4.78, 5) is 0. The fourth-order valence-corrected chi connectivity index (χ4v) is 0.862. The molecule has 0 unspecified atom stereocenters. The van der Waals surface area contributed by atoms with E-state index in [0.29, 0.717) is 5.75 Å². The van der Waals surface area contributed by atoms with Crippen molar-refractivity contribution in [1.82, 2.24) is 0 Å². The monoisotopic (exact) mass is 184 g/mol. The lowest BCUT2D eigenvalue weighted by Gasteiger charge is -2.01. The second kappa shape index (κ2) is 3.99. The lowest BCUT2D eigenvalue weighted by atomic mass is 10.3. The third-order valence-electron chi connectivity index (χ3n) is 1.21. The first kappa shape index (κ1) is 8.89. The molecule has 1 nitrogen and oxygen atoms in total. The first-order valence-electron chi connectivity index (χ1n) is 3.25. The Morgan fingerprint density at radius 3 is 2.92 bits per heavy atom. The Morgan fingerprint density at radius 1 is 1.58 bits per heavy atom. The summed E-state index contributed by atoms with van der Waals surface area (Å²) in [5, 5.41) is 0.0320. The number of benzene rings is 1. The summed E-state index contributed by atoms with van der Waals surface area (Å²) in [5.41, 5.74) is 0. The Hall–Kier alpha value is -1.20. The second-order valence-corrected chi connectivity index (χ2v) is 2.48. The highest BCUT2D eigenvalue weighted by Crippen LogP contribution is 2.20. The van der Waals surface area contributed by atoms with E-state index < -0.39 is 5.82 Å². The van der Waals surface area contributed by atoms with Gasteiger partial charge < -0.3 is 4.74 Å². The highest BCUT2D eigenvalue weighted by molar-refractivity contribution is 6.30. The third-order valence-corrected chi connectivity index (χ3v) is 1.50. The fraction of sp³-hybridized carbons (Fsp3) is 0.111. The van der Waals surface area contributed by atoms with E-state index in [9.17, 15) is 4.39 Å². The highest BCUT2D eigenvalue weighted by Gasteiger charge is 2.00. The molecule has 0 saturated heterocycles. The maximum atomic E-state index is 12.6. The number of ether oxygens (including phenoxy) is 1. The first-order valence-corrected chi connectivity index (χ1v) is 3.63. The van der Waals surface area contributed by atoms with Crippen molar-refractivity contribution in [2.45, 2.75) is 0 Å². The van der Waals surface area contributed by atoms with E-state index in [-0.39, 0.29) is 11.6 Å². The van der Waals surface area contributed by atoms with Crippen LogP contribution in [0.4, 0.5) is 4.39 Å². The van der Waals surface area contributed by atoms with Gasteiger partial charge in [-0.1, -0.05) is 17.5 Å². The summed E-state index contributed by atoms with van der Waals surface area (Å²) in [6.45, 7) is 0.155. The molecule has 0 fully saturated rings. The maximum Gasteiger partial charge on any atom is 0.148 e. The Morgan fingerprint density at radius 2 is 2.33 bits per heavy atom. The van der Waals surface area contributed by atoms with Gasteiger partial charge in [0.2, 0.25) is 0 Å². The van der Waals surface area contributed by atoms with E-state index >= 15 is 0 Å². The molecule has 1 aromatic rings. The number of rotatable bonds is 2. The van der Waals surface area contributed by atoms with Gasteiger partial charge in [0, 0.05) is 6.07 Å². The predicted molar refractivity (Wildman–Crippen MR) is 45.7 cm³/mol. The molecule has 0 spiro atoms. The molecule has 0 bridgehead atoms. The largest absolute Gasteiger partial charge is 0.481 e. The van der Waals surface area contributed by atoms with Crippen LogP contribution in [0, 0.1) is 18.2 Å². The maximum absolute atomic E-state index is 12.6. The van der Waals surface area contributed by atoms with Crippen LogP contribution in [0.15, 0.2) is 18.2 Å². The molecule has 0 aromatic heterocycles. The number of hydrogen-bond donors (Lipinski definition) is 0. The average molecular weight is 185 g/mol. The minimum absolute atomic E-state index is 0.0320. The lowest BCUT2D eigenvalue weighted by molar-refractivity contribution is 0.369. The molecule has 0 amide bonds. The Labute approximate surface area is 75.1 Å². The topological polar surface area (TPSA) is 9.23 Å². The van der Waals surface area contributed by atoms with Gasteiger partial charge in [0.1, 0.15) is 18.2 Å². The molecule has 62 valence electrons. The van der Waals surface area contributed by atoms with Crippen LogP contribution in [0.25, 0.3) is 0 Å². The molecule has 0 saturated carbocycles. The van der Waals surface area contributed by atoms with Crippen LogP contribution in [0.5, 0.6) is 5.75 Å². The molecular weight excluding hydrogens is 179 g/mol. The minimum Gasteiger partial charge on any atom is -0.481 e. The van der Waals surface area contributed by atoms with E-state index in [1.165, 1.54) is 18.2 Å². The summed E-state index contributed by atoms with van der Waals surface area (Å²) < 4.78 is 17.6. The average Bonchev–Trinajstić information content (AvgIpc) is 2.07. The molecular formula is C9H6ClFO. The van der Waals surface area contributed by atoms with Gasteiger partial charge in [-0.2, -0.15) is 0 Å². The zero-order valence-electron chi connectivity index (χ0n) is 6.18. The summed E-state index contributed by atoms with van der Waals surface area (Å²) in [6, 6.07) is 4.08. The van der Waals surface area contributed by atoms with E-state index in [4.69, 9.17) is 22.8 Å². The van der Waals surface area contributed by atoms with Gasteiger partial charge in [-0.05, 0) is 12.1 Å². The molecule has 0 radical (unpaired) electrons. The summed E-state index contributed by atoms with van der Waals surface area (Å²) in [7, 11) is 0. The summed E-state index contributed by atoms with van der Waals surface area (Å²) in [6.07, 6.45) is 4.96. The lowest BCUT2D eigenvalue weighted by Crippen LogP contribution is -1.93. The van der Waals surface area contributed by atoms with Crippen LogP contribution >= 0.6 is 11.6 Å². The molecule has 3 heteroatoms. The van der Waals surface area contributed by atoms with Gasteiger partial charge in [-0.3, -0.25) is 0 Å². The highest BCUT2D eigenvalue weighted by atomic mass is 35.5. The van der Waals surface area contributed by atoms with Crippen molar-refractivity contribution >= 4 is 11.6 Å². The van der Waals surface area contributed by atoms with E-state index in [1.54, 1.807) is 0 Å². The third kappa shape index (κ3) is 2.14. The van der Waals surface area contributed by atoms with Gasteiger partial charge in [0.15, 0.2) is 0 Å². The Balaban J connectivity index is 2.77. The quantitative estimate of drug-likeness (QED) is 0.642. The summed E-state index contributed by atoms with van der Waals surface area (Å²) in [5.74, 6) is 2.29. The van der Waals surface area contributed by atoms with Crippen molar-refractivity contribution in [3.63, 3.8) is 0 Å². The second-order valence-electron chi connectivity index (χ2n) is 2.07. The van der Waals surface area contributed by atoms with Crippen molar-refractivity contribution in [1.29, 1.82) is 0 Å². The van der Waals surface area contributed by atoms with Crippen LogP contribution < -0.4 is 4.74 Å². The zero-order valence-corrected chi connectivity index (χ0v) is 6.94. The normalized spacial score (nSPS) is 9.08. The van der Waals surface area contributed by atoms with E-state index in [1.807, 2.05) is 0 Å². The van der Waals surface area contributed by atoms with Crippen molar-refractivity contribution < 1.29 is 9.13 Å².